The van der Waals surface area contributed by atoms with E-state index in [2.05, 4.69) is 5.32 Å². The van der Waals surface area contributed by atoms with E-state index in [4.69, 9.17) is 14.2 Å². The number of anilines is 1. The topological polar surface area (TPSA) is 94.2 Å². The fourth-order valence-corrected chi connectivity index (χ4v) is 4.44. The summed E-state index contributed by atoms with van der Waals surface area (Å²) in [4.78, 5) is 39.0. The van der Waals surface area contributed by atoms with Gasteiger partial charge < -0.3 is 19.5 Å². The summed E-state index contributed by atoms with van der Waals surface area (Å²) in [7, 11) is 0. The van der Waals surface area contributed by atoms with E-state index < -0.39 is 17.1 Å². The number of hydrogen-bond acceptors (Lipinski definition) is 7. The molecule has 196 valence electrons. The Kier molecular flexibility index (Phi) is 9.05. The van der Waals surface area contributed by atoms with Crippen molar-refractivity contribution in [2.24, 2.45) is 0 Å². The van der Waals surface area contributed by atoms with Gasteiger partial charge in [0.2, 0.25) is 5.91 Å². The normalized spacial score (nSPS) is 14.1. The first-order valence-electron chi connectivity index (χ1n) is 12.1. The number of thioether (sulfide) groups is 1. The fraction of sp³-hybridized carbons (Fsp3) is 0.207. The van der Waals surface area contributed by atoms with Crippen molar-refractivity contribution in [2.45, 2.75) is 13.8 Å². The molecule has 8 nitrogen and oxygen atoms in total. The molecule has 3 amide bonds. The van der Waals surface area contributed by atoms with Gasteiger partial charge in [-0.05, 0) is 73.6 Å². The van der Waals surface area contributed by atoms with Crippen LogP contribution in [0.5, 0.6) is 17.2 Å². The number of hydrogen-bond donors (Lipinski definition) is 1. The second-order valence-electron chi connectivity index (χ2n) is 8.33. The Balaban J connectivity index is 1.38. The van der Waals surface area contributed by atoms with Crippen molar-refractivity contribution >= 4 is 40.6 Å². The molecule has 1 fully saturated rings. The zero-order valence-electron chi connectivity index (χ0n) is 21.1. The number of ether oxygens (including phenoxy) is 3. The molecule has 0 radical (unpaired) electrons. The minimum absolute atomic E-state index is 0.227. The number of nitrogens with zero attached hydrogens (tertiary/aromatic N) is 1. The van der Waals surface area contributed by atoms with Crippen molar-refractivity contribution in [2.75, 3.05) is 31.7 Å². The number of carbonyl (C=O) groups is 3. The van der Waals surface area contributed by atoms with Gasteiger partial charge in [0.05, 0.1) is 11.5 Å². The van der Waals surface area contributed by atoms with Crippen LogP contribution in [0.4, 0.5) is 10.5 Å². The van der Waals surface area contributed by atoms with E-state index in [1.165, 1.54) is 0 Å². The standard InChI is InChI=1S/C29H28N2O6S/c1-3-35-25-17-21(11-14-24(25)37-16-15-36-23-7-5-4-6-8-23)18-26-28(33)31(29(34)38-26)19-27(32)30-22-12-9-20(2)10-13-22/h4-14,17-18H,3,15-16,19H2,1-2H3,(H,30,32)/b26-18-. The van der Waals surface area contributed by atoms with Crippen LogP contribution in [-0.4, -0.2) is 48.3 Å². The summed E-state index contributed by atoms with van der Waals surface area (Å²) in [6.07, 6.45) is 1.60. The van der Waals surface area contributed by atoms with E-state index in [9.17, 15) is 14.4 Å². The van der Waals surface area contributed by atoms with Crippen molar-refractivity contribution < 1.29 is 28.6 Å². The first kappa shape index (κ1) is 26.8. The lowest BCUT2D eigenvalue weighted by molar-refractivity contribution is -0.127. The number of aryl methyl sites for hydroxylation is 1. The number of imide groups is 1. The number of para-hydroxylation sites is 1. The summed E-state index contributed by atoms with van der Waals surface area (Å²) in [5.74, 6) is 0.849. The molecule has 0 atom stereocenters. The number of rotatable bonds is 11. The molecule has 1 heterocycles. The number of nitrogens with one attached hydrogen (secondary N) is 1. The maximum atomic E-state index is 12.9. The minimum Gasteiger partial charge on any atom is -0.490 e. The molecule has 1 saturated heterocycles. The molecule has 3 aromatic rings. The number of carbonyl (C=O) groups excluding carboxylic acids is 3. The lowest BCUT2D eigenvalue weighted by Crippen LogP contribution is -2.36. The molecular formula is C29H28N2O6S. The van der Waals surface area contributed by atoms with Crippen LogP contribution in [0.3, 0.4) is 0 Å². The number of benzene rings is 3. The highest BCUT2D eigenvalue weighted by Crippen LogP contribution is 2.34. The SMILES string of the molecule is CCOc1cc(/C=C2\SC(=O)N(CC(=O)Nc3ccc(C)cc3)C2=O)ccc1OCCOc1ccccc1. The summed E-state index contributed by atoms with van der Waals surface area (Å²) >= 11 is 0.795. The Bertz CT molecular complexity index is 1320. The van der Waals surface area contributed by atoms with Gasteiger partial charge in [0.1, 0.15) is 25.5 Å². The zero-order valence-corrected chi connectivity index (χ0v) is 22.0. The van der Waals surface area contributed by atoms with Gasteiger partial charge >= 0.3 is 0 Å². The third kappa shape index (κ3) is 7.17. The van der Waals surface area contributed by atoms with Crippen LogP contribution in [0.1, 0.15) is 18.1 Å². The smallest absolute Gasteiger partial charge is 0.294 e. The molecule has 3 aromatic carbocycles. The predicted octanol–water partition coefficient (Wildman–Crippen LogP) is 5.53. The van der Waals surface area contributed by atoms with Crippen LogP contribution in [0.25, 0.3) is 6.08 Å². The van der Waals surface area contributed by atoms with E-state index >= 15 is 0 Å². The molecule has 1 N–H and O–H groups in total. The van der Waals surface area contributed by atoms with Crippen LogP contribution in [0.2, 0.25) is 0 Å². The molecule has 9 heteroatoms. The van der Waals surface area contributed by atoms with Gasteiger partial charge in [-0.2, -0.15) is 0 Å². The summed E-state index contributed by atoms with van der Waals surface area (Å²) in [5, 5.41) is 2.21. The first-order chi connectivity index (χ1) is 18.4. The van der Waals surface area contributed by atoms with E-state index in [0.29, 0.717) is 42.6 Å². The second kappa shape index (κ2) is 12.8. The molecule has 0 aromatic heterocycles. The molecule has 38 heavy (non-hydrogen) atoms. The minimum atomic E-state index is -0.518. The summed E-state index contributed by atoms with van der Waals surface area (Å²) in [6.45, 7) is 4.55. The van der Waals surface area contributed by atoms with Crippen molar-refractivity contribution in [1.29, 1.82) is 0 Å². The quantitative estimate of drug-likeness (QED) is 0.256. The Hall–Kier alpha value is -4.24. The van der Waals surface area contributed by atoms with Crippen molar-refractivity contribution in [3.8, 4) is 17.2 Å². The highest BCUT2D eigenvalue weighted by atomic mass is 32.2. The van der Waals surface area contributed by atoms with Gasteiger partial charge in [-0.3, -0.25) is 19.3 Å². The maximum Gasteiger partial charge on any atom is 0.294 e. The molecule has 1 aliphatic rings. The van der Waals surface area contributed by atoms with Gasteiger partial charge in [0.15, 0.2) is 11.5 Å². The maximum absolute atomic E-state index is 12.9. The zero-order chi connectivity index (χ0) is 26.9. The van der Waals surface area contributed by atoms with Gasteiger partial charge in [0, 0.05) is 5.69 Å². The van der Waals surface area contributed by atoms with Gasteiger partial charge in [-0.25, -0.2) is 0 Å². The Labute approximate surface area is 225 Å². The summed E-state index contributed by atoms with van der Waals surface area (Å²) < 4.78 is 17.2. The monoisotopic (exact) mass is 532 g/mol. The molecule has 0 unspecified atom stereocenters. The third-order valence-corrected chi connectivity index (χ3v) is 6.34. The summed E-state index contributed by atoms with van der Waals surface area (Å²) in [5.41, 5.74) is 2.32. The van der Waals surface area contributed by atoms with Crippen LogP contribution >= 0.6 is 11.8 Å². The van der Waals surface area contributed by atoms with Crippen molar-refractivity contribution in [3.63, 3.8) is 0 Å². The Morgan fingerprint density at radius 2 is 1.66 bits per heavy atom. The molecular weight excluding hydrogens is 504 g/mol. The van der Waals surface area contributed by atoms with Gasteiger partial charge in [0.25, 0.3) is 11.1 Å². The van der Waals surface area contributed by atoms with Gasteiger partial charge in [-0.1, -0.05) is 42.0 Å². The Morgan fingerprint density at radius 1 is 0.921 bits per heavy atom. The lowest BCUT2D eigenvalue weighted by Gasteiger charge is -2.13. The molecule has 0 spiro atoms. The highest BCUT2D eigenvalue weighted by Gasteiger charge is 2.36. The molecule has 0 bridgehead atoms. The molecule has 4 rings (SSSR count). The third-order valence-electron chi connectivity index (χ3n) is 5.43. The highest BCUT2D eigenvalue weighted by molar-refractivity contribution is 8.18. The molecule has 0 saturated carbocycles. The van der Waals surface area contributed by atoms with E-state index in [1.54, 1.807) is 36.4 Å². The van der Waals surface area contributed by atoms with Crippen LogP contribution < -0.4 is 19.5 Å². The summed E-state index contributed by atoms with van der Waals surface area (Å²) in [6, 6.07) is 22.0. The van der Waals surface area contributed by atoms with Crippen molar-refractivity contribution in [1.82, 2.24) is 4.90 Å². The van der Waals surface area contributed by atoms with Crippen LogP contribution in [-0.2, 0) is 9.59 Å². The van der Waals surface area contributed by atoms with E-state index in [0.717, 1.165) is 28.0 Å². The number of amides is 3. The second-order valence-corrected chi connectivity index (χ2v) is 9.32. The van der Waals surface area contributed by atoms with E-state index in [1.807, 2.05) is 56.3 Å². The fourth-order valence-electron chi connectivity index (χ4n) is 3.60. The first-order valence-corrected chi connectivity index (χ1v) is 12.9. The average Bonchev–Trinajstić information content (AvgIpc) is 3.17. The van der Waals surface area contributed by atoms with Crippen molar-refractivity contribution in [3.05, 3.63) is 88.8 Å². The predicted molar refractivity (Wildman–Crippen MR) is 148 cm³/mol. The van der Waals surface area contributed by atoms with E-state index in [-0.39, 0.29) is 11.4 Å². The Morgan fingerprint density at radius 3 is 2.39 bits per heavy atom. The average molecular weight is 533 g/mol. The largest absolute Gasteiger partial charge is 0.490 e. The molecule has 0 aliphatic carbocycles. The van der Waals surface area contributed by atoms with Crippen LogP contribution in [0.15, 0.2) is 77.7 Å². The van der Waals surface area contributed by atoms with Gasteiger partial charge in [-0.15, -0.1) is 0 Å². The van der Waals surface area contributed by atoms with Crippen LogP contribution in [0, 0.1) is 6.92 Å². The lowest BCUT2D eigenvalue weighted by atomic mass is 10.2. The molecule has 1 aliphatic heterocycles.